The lowest BCUT2D eigenvalue weighted by Crippen LogP contribution is -2.49. The number of rotatable bonds is 6. The highest BCUT2D eigenvalue weighted by atomic mass is 16.5. The Kier molecular flexibility index (Phi) is 5.57. The number of Topliss-reactive ketones (excluding diaryl/α,β-unsaturated/α-hetero) is 2. The molecule has 6 nitrogen and oxygen atoms in total. The number of hydrogen-bond acceptors (Lipinski definition) is 5. The fraction of sp³-hybridized carbons (Fsp3) is 0.500. The Labute approximate surface area is 164 Å². The van der Waals surface area contributed by atoms with Gasteiger partial charge in [0.2, 0.25) is 17.7 Å². The highest BCUT2D eigenvalue weighted by Crippen LogP contribution is 2.31. The molecule has 0 bridgehead atoms. The smallest absolute Gasteiger partial charge is 0.251 e. The Bertz CT molecular complexity index is 783. The molecule has 0 aromatic heterocycles. The van der Waals surface area contributed by atoms with Crippen molar-refractivity contribution in [2.24, 2.45) is 5.92 Å². The fourth-order valence-electron chi connectivity index (χ4n) is 4.40. The summed E-state index contributed by atoms with van der Waals surface area (Å²) >= 11 is 0. The molecule has 1 aromatic rings. The lowest BCUT2D eigenvalue weighted by atomic mass is 9.91. The summed E-state index contributed by atoms with van der Waals surface area (Å²) in [4.78, 5) is 38.6. The minimum atomic E-state index is -1.13. The Morgan fingerprint density at radius 3 is 2.64 bits per heavy atom. The zero-order valence-electron chi connectivity index (χ0n) is 15.9. The first-order valence-electron chi connectivity index (χ1n) is 10.2. The molecule has 0 radical (unpaired) electrons. The fourth-order valence-corrected chi connectivity index (χ4v) is 4.40. The van der Waals surface area contributed by atoms with E-state index in [9.17, 15) is 14.4 Å². The predicted octanol–water partition coefficient (Wildman–Crippen LogP) is 2.15. The van der Waals surface area contributed by atoms with Crippen molar-refractivity contribution in [1.29, 1.82) is 0 Å². The first-order valence-corrected chi connectivity index (χ1v) is 10.2. The molecule has 1 aliphatic carbocycles. The average Bonchev–Trinajstić information content (AvgIpc) is 3.36. The van der Waals surface area contributed by atoms with Crippen molar-refractivity contribution in [1.82, 2.24) is 10.6 Å². The van der Waals surface area contributed by atoms with E-state index in [1.807, 2.05) is 12.1 Å². The van der Waals surface area contributed by atoms with Gasteiger partial charge < -0.3 is 15.4 Å². The summed E-state index contributed by atoms with van der Waals surface area (Å²) in [5.74, 6) is 0.0570. The van der Waals surface area contributed by atoms with E-state index in [0.29, 0.717) is 30.2 Å². The Morgan fingerprint density at radius 2 is 1.93 bits per heavy atom. The summed E-state index contributed by atoms with van der Waals surface area (Å²) in [5.41, 5.74) is 0.503. The number of ketones is 2. The van der Waals surface area contributed by atoms with Crippen LogP contribution in [0.5, 0.6) is 0 Å². The van der Waals surface area contributed by atoms with Gasteiger partial charge in [0, 0.05) is 5.56 Å². The molecule has 28 heavy (non-hydrogen) atoms. The van der Waals surface area contributed by atoms with Crippen molar-refractivity contribution < 1.29 is 19.1 Å². The lowest BCUT2D eigenvalue weighted by molar-refractivity contribution is -0.136. The molecule has 148 valence electrons. The molecule has 2 heterocycles. The number of carbonyl (C=O) groups excluding carboxylic acids is 3. The summed E-state index contributed by atoms with van der Waals surface area (Å²) in [6, 6.07) is 7.60. The number of carbonyl (C=O) groups is 3. The normalized spacial score (nSPS) is 25.6. The van der Waals surface area contributed by atoms with Gasteiger partial charge in [0.15, 0.2) is 0 Å². The molecule has 4 rings (SSSR count). The summed E-state index contributed by atoms with van der Waals surface area (Å²) in [7, 11) is 0. The topological polar surface area (TPSA) is 84.5 Å². The standard InChI is InChI=1S/C22H26N2O4/c25-19(21-20(26)18-17(28-21)11-6-12-23-18)16(13-14-7-4-5-8-14)24-22(27)15-9-2-1-3-10-15/h1-3,9-11,14,16,18,21,23H,4-8,12-13H2,(H,24,27). The maximum absolute atomic E-state index is 13.2. The second kappa shape index (κ2) is 8.27. The molecule has 3 unspecified atom stereocenters. The molecule has 3 atom stereocenters. The highest BCUT2D eigenvalue weighted by Gasteiger charge is 2.47. The lowest BCUT2D eigenvalue weighted by Gasteiger charge is -2.23. The van der Waals surface area contributed by atoms with Gasteiger partial charge in [-0.25, -0.2) is 0 Å². The van der Waals surface area contributed by atoms with Gasteiger partial charge in [-0.2, -0.15) is 0 Å². The van der Waals surface area contributed by atoms with Crippen LogP contribution in [0.2, 0.25) is 0 Å². The maximum Gasteiger partial charge on any atom is 0.251 e. The summed E-state index contributed by atoms with van der Waals surface area (Å²) in [6.45, 7) is 0.695. The van der Waals surface area contributed by atoms with Crippen LogP contribution in [0.4, 0.5) is 0 Å². The van der Waals surface area contributed by atoms with Crippen LogP contribution in [0.25, 0.3) is 0 Å². The second-order valence-corrected chi connectivity index (χ2v) is 7.86. The van der Waals surface area contributed by atoms with Crippen LogP contribution < -0.4 is 10.6 Å². The molecule has 1 saturated carbocycles. The first kappa shape index (κ1) is 18.9. The predicted molar refractivity (Wildman–Crippen MR) is 104 cm³/mol. The summed E-state index contributed by atoms with van der Waals surface area (Å²) in [5, 5.41) is 5.99. The summed E-state index contributed by atoms with van der Waals surface area (Å²) < 4.78 is 5.72. The molecule has 2 N–H and O–H groups in total. The van der Waals surface area contributed by atoms with E-state index in [-0.39, 0.29) is 17.5 Å². The van der Waals surface area contributed by atoms with Crippen LogP contribution in [0.15, 0.2) is 42.2 Å². The molecule has 1 aromatic carbocycles. The van der Waals surface area contributed by atoms with Gasteiger partial charge in [0.1, 0.15) is 11.8 Å². The molecule has 2 aliphatic heterocycles. The van der Waals surface area contributed by atoms with E-state index in [0.717, 1.165) is 32.1 Å². The van der Waals surface area contributed by atoms with E-state index < -0.39 is 18.2 Å². The Morgan fingerprint density at radius 1 is 1.18 bits per heavy atom. The number of nitrogens with one attached hydrogen (secondary N) is 2. The molecule has 0 spiro atoms. The third-order valence-electron chi connectivity index (χ3n) is 5.91. The van der Waals surface area contributed by atoms with Gasteiger partial charge in [0.25, 0.3) is 5.91 Å². The molecule has 2 fully saturated rings. The average molecular weight is 382 g/mol. The van der Waals surface area contributed by atoms with E-state index in [1.54, 1.807) is 24.3 Å². The van der Waals surface area contributed by atoms with Crippen LogP contribution in [0.3, 0.4) is 0 Å². The Balaban J connectivity index is 1.51. The van der Waals surface area contributed by atoms with Gasteiger partial charge in [-0.05, 0) is 43.5 Å². The molecular weight excluding hydrogens is 356 g/mol. The van der Waals surface area contributed by atoms with Crippen molar-refractivity contribution in [3.8, 4) is 0 Å². The van der Waals surface area contributed by atoms with Crippen LogP contribution in [0, 0.1) is 5.92 Å². The van der Waals surface area contributed by atoms with Crippen molar-refractivity contribution >= 4 is 17.5 Å². The van der Waals surface area contributed by atoms with Gasteiger partial charge in [0.05, 0.1) is 6.04 Å². The van der Waals surface area contributed by atoms with Crippen molar-refractivity contribution in [3.05, 3.63) is 47.7 Å². The summed E-state index contributed by atoms with van der Waals surface area (Å²) in [6.07, 6.45) is 6.48. The second-order valence-electron chi connectivity index (χ2n) is 7.86. The van der Waals surface area contributed by atoms with Crippen LogP contribution >= 0.6 is 0 Å². The third-order valence-corrected chi connectivity index (χ3v) is 5.91. The number of ether oxygens (including phenoxy) is 1. The van der Waals surface area contributed by atoms with Crippen LogP contribution in [-0.2, 0) is 14.3 Å². The largest absolute Gasteiger partial charge is 0.477 e. The van der Waals surface area contributed by atoms with Crippen LogP contribution in [0.1, 0.15) is 48.9 Å². The number of benzene rings is 1. The molecule has 1 amide bonds. The molecule has 6 heteroatoms. The maximum atomic E-state index is 13.2. The number of hydrogen-bond donors (Lipinski definition) is 2. The van der Waals surface area contributed by atoms with E-state index >= 15 is 0 Å². The third kappa shape index (κ3) is 3.87. The number of amides is 1. The zero-order chi connectivity index (χ0) is 19.5. The van der Waals surface area contributed by atoms with Crippen LogP contribution in [-0.4, -0.2) is 42.2 Å². The van der Waals surface area contributed by atoms with E-state index in [4.69, 9.17) is 4.74 Å². The molecular formula is C22H26N2O4. The van der Waals surface area contributed by atoms with Gasteiger partial charge in [-0.3, -0.25) is 14.4 Å². The minimum absolute atomic E-state index is 0.249. The zero-order valence-corrected chi connectivity index (χ0v) is 15.9. The molecule has 1 saturated heterocycles. The highest BCUT2D eigenvalue weighted by molar-refractivity contribution is 6.13. The van der Waals surface area contributed by atoms with Crippen molar-refractivity contribution in [2.75, 3.05) is 6.54 Å². The quantitative estimate of drug-likeness (QED) is 0.737. The molecule has 3 aliphatic rings. The van der Waals surface area contributed by atoms with Gasteiger partial charge in [-0.1, -0.05) is 43.9 Å². The van der Waals surface area contributed by atoms with Crippen molar-refractivity contribution in [3.63, 3.8) is 0 Å². The van der Waals surface area contributed by atoms with E-state index in [2.05, 4.69) is 10.6 Å². The monoisotopic (exact) mass is 382 g/mol. The Hall–Kier alpha value is -2.47. The SMILES string of the molecule is O=C(NC(CC1CCCC1)C(=O)C1OC2=CCCNC2C1=O)c1ccccc1. The minimum Gasteiger partial charge on any atom is -0.477 e. The number of fused-ring (bicyclic) bond motifs is 1. The van der Waals surface area contributed by atoms with Gasteiger partial charge >= 0.3 is 0 Å². The first-order chi connectivity index (χ1) is 13.6. The van der Waals surface area contributed by atoms with Gasteiger partial charge in [-0.15, -0.1) is 0 Å². The van der Waals surface area contributed by atoms with E-state index in [1.165, 1.54) is 0 Å². The van der Waals surface area contributed by atoms with Crippen molar-refractivity contribution in [2.45, 2.75) is 56.7 Å².